The number of Topliss-reactive ketones (excluding diaryl/α,β-unsaturated/α-hetero) is 1. The highest BCUT2D eigenvalue weighted by Crippen LogP contribution is 2.43. The van der Waals surface area contributed by atoms with Crippen molar-refractivity contribution in [3.63, 3.8) is 0 Å². The molecular formula is C50H95N2O11PS. The molecule has 0 aliphatic rings. The van der Waals surface area contributed by atoms with Crippen molar-refractivity contribution >= 4 is 49.1 Å². The first kappa shape index (κ1) is 63.0. The van der Waals surface area contributed by atoms with Crippen LogP contribution >= 0.6 is 19.6 Å². The van der Waals surface area contributed by atoms with E-state index in [9.17, 15) is 33.4 Å². The minimum atomic E-state index is -4.56. The molecule has 0 aliphatic heterocycles. The van der Waals surface area contributed by atoms with E-state index in [0.717, 1.165) is 38.5 Å². The van der Waals surface area contributed by atoms with Gasteiger partial charge in [0.1, 0.15) is 12.4 Å². The predicted octanol–water partition coefficient (Wildman–Crippen LogP) is 12.4. The Morgan fingerprint density at radius 1 is 0.569 bits per heavy atom. The second-order valence-electron chi connectivity index (χ2n) is 17.6. The molecule has 15 heteroatoms. The smallest absolute Gasteiger partial charge is 0.462 e. The topological polar surface area (TPSA) is 175 Å². The molecule has 0 saturated carbocycles. The number of carbonyl (C=O) groups excluding carboxylic acids is 5. The third-order valence-corrected chi connectivity index (χ3v) is 13.4. The Morgan fingerprint density at radius 2 is 1.05 bits per heavy atom. The summed E-state index contributed by atoms with van der Waals surface area (Å²) < 4.78 is 34.1. The largest absolute Gasteiger partial charge is 0.472 e. The molecule has 13 nitrogen and oxygen atoms in total. The van der Waals surface area contributed by atoms with E-state index in [0.29, 0.717) is 56.8 Å². The van der Waals surface area contributed by atoms with Crippen LogP contribution in [0.2, 0.25) is 0 Å². The van der Waals surface area contributed by atoms with E-state index in [1.807, 2.05) is 0 Å². The Balaban J connectivity index is 4.65. The molecule has 65 heavy (non-hydrogen) atoms. The third kappa shape index (κ3) is 44.3. The Morgan fingerprint density at radius 3 is 1.52 bits per heavy atom. The highest BCUT2D eigenvalue weighted by molar-refractivity contribution is 7.99. The van der Waals surface area contributed by atoms with Gasteiger partial charge in [0, 0.05) is 70.2 Å². The lowest BCUT2D eigenvalue weighted by molar-refractivity contribution is -0.161. The van der Waals surface area contributed by atoms with Crippen LogP contribution in [0.5, 0.6) is 0 Å². The predicted molar refractivity (Wildman–Crippen MR) is 265 cm³/mol. The molecule has 2 amide bonds. The van der Waals surface area contributed by atoms with Crippen LogP contribution in [0, 0.1) is 0 Å². The molecule has 0 spiro atoms. The fraction of sp³-hybridized carbons (Fsp3) is 0.900. The number of hydrogen-bond acceptors (Lipinski definition) is 11. The van der Waals surface area contributed by atoms with Crippen molar-refractivity contribution in [1.29, 1.82) is 0 Å². The number of nitrogens with one attached hydrogen (secondary N) is 1. The van der Waals surface area contributed by atoms with Crippen molar-refractivity contribution in [1.82, 2.24) is 10.2 Å². The molecule has 0 saturated heterocycles. The number of phosphoric acid groups is 1. The van der Waals surface area contributed by atoms with Crippen LogP contribution in [-0.4, -0.2) is 96.4 Å². The Bertz CT molecular complexity index is 1240. The summed E-state index contributed by atoms with van der Waals surface area (Å²) in [5.74, 6) is 0.183. The molecule has 0 radical (unpaired) electrons. The highest BCUT2D eigenvalue weighted by atomic mass is 32.2. The molecule has 382 valence electrons. The standard InChI is InChI=1S/C50H95N2O11PS/c1-5-8-10-12-14-16-18-20-22-24-26-28-30-34-49(56)60-43-47(63-50(57)35-31-29-27-25-23-21-19-17-15-13-11-9-6-2)44-62-64(58,59)61-40-32-33-46(54)36-41-65-42-39-52(48(55)7-3)38-37-51-45(4)53/h47H,5-44H2,1-4H3,(H,51,53)(H,58,59)/t47-/m1/s1. The number of ketones is 1. The number of amides is 2. The van der Waals surface area contributed by atoms with Crippen molar-refractivity contribution in [3.05, 3.63) is 0 Å². The van der Waals surface area contributed by atoms with Crippen LogP contribution in [0.3, 0.4) is 0 Å². The first-order valence-electron chi connectivity index (χ1n) is 26.0. The van der Waals surface area contributed by atoms with Crippen LogP contribution < -0.4 is 5.32 Å². The fourth-order valence-corrected chi connectivity index (χ4v) is 9.11. The second kappa shape index (κ2) is 45.8. The van der Waals surface area contributed by atoms with Gasteiger partial charge in [0.2, 0.25) is 11.8 Å². The van der Waals surface area contributed by atoms with Crippen molar-refractivity contribution in [3.8, 4) is 0 Å². The number of carbonyl (C=O) groups is 5. The van der Waals surface area contributed by atoms with E-state index in [4.69, 9.17) is 18.5 Å². The zero-order valence-corrected chi connectivity index (χ0v) is 43.4. The number of thioether (sulfide) groups is 1. The maximum atomic E-state index is 12.8. The monoisotopic (exact) mass is 963 g/mol. The van der Waals surface area contributed by atoms with Gasteiger partial charge in [0.05, 0.1) is 13.2 Å². The van der Waals surface area contributed by atoms with E-state index in [2.05, 4.69) is 19.2 Å². The van der Waals surface area contributed by atoms with E-state index in [1.54, 1.807) is 23.6 Å². The van der Waals surface area contributed by atoms with Crippen LogP contribution in [0.4, 0.5) is 0 Å². The van der Waals surface area contributed by atoms with Crippen LogP contribution in [0.1, 0.15) is 233 Å². The summed E-state index contributed by atoms with van der Waals surface area (Å²) in [5, 5.41) is 2.70. The molecule has 0 aromatic carbocycles. The SMILES string of the molecule is CCCCCCCCCCCCCCCC(=O)OC[C@H](COP(=O)(O)OCCCC(=O)CCSCCN(CCNC(C)=O)C(=O)CC)OC(=O)CCCCCCCCCCCCCCC. The van der Waals surface area contributed by atoms with E-state index in [-0.39, 0.29) is 56.5 Å². The fourth-order valence-electron chi connectivity index (χ4n) is 7.40. The van der Waals surface area contributed by atoms with Crippen molar-refractivity contribution < 1.29 is 52.0 Å². The molecule has 2 atom stereocenters. The molecule has 0 bridgehead atoms. The molecule has 0 rings (SSSR count). The summed E-state index contributed by atoms with van der Waals surface area (Å²) in [4.78, 5) is 73.3. The van der Waals surface area contributed by atoms with E-state index >= 15 is 0 Å². The summed E-state index contributed by atoms with van der Waals surface area (Å²) in [5.41, 5.74) is 0. The molecule has 1 unspecified atom stereocenters. The number of phosphoric ester groups is 1. The average Bonchev–Trinajstić information content (AvgIpc) is 3.28. The number of nitrogens with zero attached hydrogens (tertiary/aromatic N) is 1. The van der Waals surface area contributed by atoms with Crippen molar-refractivity contribution in [2.45, 2.75) is 239 Å². The lowest BCUT2D eigenvalue weighted by Crippen LogP contribution is -2.39. The molecule has 0 fully saturated rings. The Labute approximate surface area is 400 Å². The summed E-state index contributed by atoms with van der Waals surface area (Å²) >= 11 is 1.56. The first-order valence-corrected chi connectivity index (χ1v) is 28.7. The third-order valence-electron chi connectivity index (χ3n) is 11.4. The van der Waals surface area contributed by atoms with Gasteiger partial charge in [-0.3, -0.25) is 33.0 Å². The number of unbranched alkanes of at least 4 members (excludes halogenated alkanes) is 24. The molecule has 0 heterocycles. The van der Waals surface area contributed by atoms with Gasteiger partial charge in [-0.15, -0.1) is 0 Å². The number of esters is 2. The summed E-state index contributed by atoms with van der Waals surface area (Å²) in [6, 6.07) is 0. The maximum Gasteiger partial charge on any atom is 0.472 e. The number of ether oxygens (including phenoxy) is 2. The summed E-state index contributed by atoms with van der Waals surface area (Å²) in [6.45, 7) is 8.08. The first-order chi connectivity index (χ1) is 31.4. The maximum absolute atomic E-state index is 12.8. The van der Waals surface area contributed by atoms with Gasteiger partial charge in [-0.05, 0) is 19.3 Å². The highest BCUT2D eigenvalue weighted by Gasteiger charge is 2.26. The summed E-state index contributed by atoms with van der Waals surface area (Å²) in [6.07, 6.45) is 31.5. The van der Waals surface area contributed by atoms with Gasteiger partial charge in [0.25, 0.3) is 0 Å². The van der Waals surface area contributed by atoms with Gasteiger partial charge in [-0.1, -0.05) is 175 Å². The van der Waals surface area contributed by atoms with Crippen molar-refractivity contribution in [2.75, 3.05) is 51.0 Å². The van der Waals surface area contributed by atoms with Crippen molar-refractivity contribution in [2.24, 2.45) is 0 Å². The zero-order chi connectivity index (χ0) is 48.1. The van der Waals surface area contributed by atoms with Crippen LogP contribution in [0.15, 0.2) is 0 Å². The Hall–Kier alpha value is -1.99. The number of rotatable bonds is 49. The minimum Gasteiger partial charge on any atom is -0.462 e. The van der Waals surface area contributed by atoms with Gasteiger partial charge in [0.15, 0.2) is 6.10 Å². The van der Waals surface area contributed by atoms with Gasteiger partial charge < -0.3 is 24.6 Å². The number of hydrogen-bond donors (Lipinski definition) is 2. The minimum absolute atomic E-state index is 0.00720. The van der Waals surface area contributed by atoms with E-state index < -0.39 is 32.5 Å². The lowest BCUT2D eigenvalue weighted by atomic mass is 10.0. The molecule has 0 aromatic rings. The average molecular weight is 963 g/mol. The van der Waals surface area contributed by atoms with E-state index in [1.165, 1.54) is 122 Å². The van der Waals surface area contributed by atoms with Crippen LogP contribution in [-0.2, 0) is 47.1 Å². The molecule has 0 aromatic heterocycles. The molecule has 2 N–H and O–H groups in total. The van der Waals surface area contributed by atoms with Gasteiger partial charge in [-0.2, -0.15) is 11.8 Å². The normalized spacial score (nSPS) is 12.7. The Kier molecular flexibility index (Phi) is 44.4. The second-order valence-corrected chi connectivity index (χ2v) is 20.3. The lowest BCUT2D eigenvalue weighted by Gasteiger charge is -2.22. The molecular weight excluding hydrogens is 868 g/mol. The van der Waals surface area contributed by atoms with Gasteiger partial charge in [-0.25, -0.2) is 4.57 Å². The zero-order valence-electron chi connectivity index (χ0n) is 41.7. The molecule has 0 aliphatic carbocycles. The quantitative estimate of drug-likeness (QED) is 0.0336. The van der Waals surface area contributed by atoms with Crippen LogP contribution in [0.25, 0.3) is 0 Å². The van der Waals surface area contributed by atoms with Gasteiger partial charge >= 0.3 is 19.8 Å². The summed E-state index contributed by atoms with van der Waals surface area (Å²) in [7, 11) is -4.56.